The van der Waals surface area contributed by atoms with Crippen molar-refractivity contribution in [3.8, 4) is 17.1 Å². The zero-order valence-corrected chi connectivity index (χ0v) is 16.9. The van der Waals surface area contributed by atoms with Crippen molar-refractivity contribution in [2.24, 2.45) is 0 Å². The second kappa shape index (κ2) is 8.75. The molecule has 0 fully saturated rings. The van der Waals surface area contributed by atoms with Gasteiger partial charge in [0.05, 0.1) is 18.0 Å². The Kier molecular flexibility index (Phi) is 5.72. The van der Waals surface area contributed by atoms with E-state index in [1.165, 1.54) is 0 Å². The predicted molar refractivity (Wildman–Crippen MR) is 114 cm³/mol. The van der Waals surface area contributed by atoms with Crippen LogP contribution >= 0.6 is 0 Å². The Morgan fingerprint density at radius 3 is 2.37 bits per heavy atom. The van der Waals surface area contributed by atoms with Crippen molar-refractivity contribution in [1.29, 1.82) is 0 Å². The predicted octanol–water partition coefficient (Wildman–Crippen LogP) is 3.56. The normalized spacial score (nSPS) is 12.1. The molecule has 7 nitrogen and oxygen atoms in total. The highest BCUT2D eigenvalue weighted by Crippen LogP contribution is 2.21. The number of amides is 1. The lowest BCUT2D eigenvalue weighted by molar-refractivity contribution is 0.0928. The van der Waals surface area contributed by atoms with Gasteiger partial charge in [0.2, 0.25) is 5.82 Å². The molecule has 0 saturated carbocycles. The molecule has 0 aliphatic carbocycles. The number of likely N-dealkylation sites (N-methyl/N-ethyl adjacent to an activating group) is 1. The number of nitrogens with one attached hydrogen (secondary N) is 1. The highest BCUT2D eigenvalue weighted by molar-refractivity contribution is 5.91. The van der Waals surface area contributed by atoms with Crippen LogP contribution in [0, 0.1) is 0 Å². The third-order valence-corrected chi connectivity index (χ3v) is 4.79. The number of benzene rings is 2. The minimum absolute atomic E-state index is 0.0891. The van der Waals surface area contributed by atoms with Gasteiger partial charge in [-0.25, -0.2) is 9.67 Å². The molecule has 2 heterocycles. The molecule has 0 aliphatic rings. The summed E-state index contributed by atoms with van der Waals surface area (Å²) in [7, 11) is 3.88. The molecule has 0 aliphatic heterocycles. The smallest absolute Gasteiger partial charge is 0.291 e. The van der Waals surface area contributed by atoms with Crippen LogP contribution in [0.15, 0.2) is 83.5 Å². The van der Waals surface area contributed by atoms with E-state index in [9.17, 15) is 4.79 Å². The van der Waals surface area contributed by atoms with Crippen LogP contribution in [0.25, 0.3) is 17.1 Å². The summed E-state index contributed by atoms with van der Waals surface area (Å²) in [6, 6.07) is 23.0. The Balaban J connectivity index is 1.61. The molecule has 1 amide bonds. The van der Waals surface area contributed by atoms with E-state index in [4.69, 9.17) is 4.42 Å². The Morgan fingerprint density at radius 1 is 1.03 bits per heavy atom. The minimum Gasteiger partial charge on any atom is -0.468 e. The van der Waals surface area contributed by atoms with Gasteiger partial charge < -0.3 is 9.73 Å². The van der Waals surface area contributed by atoms with Crippen molar-refractivity contribution in [3.63, 3.8) is 0 Å². The maximum atomic E-state index is 12.9. The molecule has 2 aromatic carbocycles. The van der Waals surface area contributed by atoms with Crippen LogP contribution in [0.3, 0.4) is 0 Å². The van der Waals surface area contributed by atoms with Crippen molar-refractivity contribution in [2.75, 3.05) is 20.6 Å². The summed E-state index contributed by atoms with van der Waals surface area (Å²) in [5, 5.41) is 7.43. The van der Waals surface area contributed by atoms with E-state index >= 15 is 0 Å². The summed E-state index contributed by atoms with van der Waals surface area (Å²) in [6.45, 7) is 0.375. The quantitative estimate of drug-likeness (QED) is 0.512. The number of aromatic nitrogens is 3. The van der Waals surface area contributed by atoms with Gasteiger partial charge in [-0.05, 0) is 38.4 Å². The Morgan fingerprint density at radius 2 is 1.73 bits per heavy atom. The lowest BCUT2D eigenvalue weighted by Crippen LogP contribution is -2.34. The number of rotatable bonds is 7. The SMILES string of the molecule is CN(C)C(CNC(=O)c1nc(-c2ccccc2)n(-c2ccccc2)n1)c1ccco1. The molecule has 4 rings (SSSR count). The molecule has 0 radical (unpaired) electrons. The van der Waals surface area contributed by atoms with Crippen LogP contribution in [-0.4, -0.2) is 46.2 Å². The van der Waals surface area contributed by atoms with E-state index in [2.05, 4.69) is 15.4 Å². The number of hydrogen-bond donors (Lipinski definition) is 1. The van der Waals surface area contributed by atoms with Gasteiger partial charge >= 0.3 is 0 Å². The van der Waals surface area contributed by atoms with Crippen LogP contribution in [0.2, 0.25) is 0 Å². The molecule has 7 heteroatoms. The minimum atomic E-state index is -0.333. The van der Waals surface area contributed by atoms with Crippen LogP contribution in [0.5, 0.6) is 0 Å². The molecular weight excluding hydrogens is 378 g/mol. The Bertz CT molecular complexity index is 1030. The first-order valence-corrected chi connectivity index (χ1v) is 9.69. The number of hydrogen-bond acceptors (Lipinski definition) is 5. The van der Waals surface area contributed by atoms with Crippen LogP contribution in [-0.2, 0) is 0 Å². The van der Waals surface area contributed by atoms with Gasteiger partial charge in [-0.3, -0.25) is 9.69 Å². The zero-order chi connectivity index (χ0) is 20.9. The number of nitrogens with zero attached hydrogens (tertiary/aromatic N) is 4. The van der Waals surface area contributed by atoms with Gasteiger partial charge in [0.1, 0.15) is 5.76 Å². The van der Waals surface area contributed by atoms with Gasteiger partial charge in [-0.2, -0.15) is 0 Å². The van der Waals surface area contributed by atoms with E-state index in [1.807, 2.05) is 91.8 Å². The summed E-state index contributed by atoms with van der Waals surface area (Å²) in [5.41, 5.74) is 1.72. The van der Waals surface area contributed by atoms with Gasteiger partial charge in [-0.15, -0.1) is 5.10 Å². The van der Waals surface area contributed by atoms with Crippen molar-refractivity contribution in [2.45, 2.75) is 6.04 Å². The fraction of sp³-hybridized carbons (Fsp3) is 0.174. The van der Waals surface area contributed by atoms with Crippen LogP contribution in [0.4, 0.5) is 0 Å². The summed E-state index contributed by atoms with van der Waals surface area (Å²) < 4.78 is 7.20. The number of carbonyl (C=O) groups is 1. The molecule has 1 atom stereocenters. The van der Waals surface area contributed by atoms with E-state index in [1.54, 1.807) is 10.9 Å². The third-order valence-electron chi connectivity index (χ3n) is 4.79. The number of carbonyl (C=O) groups excluding carboxylic acids is 1. The summed E-state index contributed by atoms with van der Waals surface area (Å²) >= 11 is 0. The van der Waals surface area contributed by atoms with E-state index in [-0.39, 0.29) is 17.8 Å². The fourth-order valence-electron chi connectivity index (χ4n) is 3.22. The maximum Gasteiger partial charge on any atom is 0.291 e. The second-order valence-corrected chi connectivity index (χ2v) is 7.08. The molecule has 0 saturated heterocycles. The first-order valence-electron chi connectivity index (χ1n) is 9.69. The zero-order valence-electron chi connectivity index (χ0n) is 16.9. The molecule has 2 aromatic heterocycles. The van der Waals surface area contributed by atoms with Crippen LogP contribution < -0.4 is 5.32 Å². The Labute approximate surface area is 175 Å². The van der Waals surface area contributed by atoms with E-state index < -0.39 is 0 Å². The summed E-state index contributed by atoms with van der Waals surface area (Å²) in [5.74, 6) is 1.19. The number of furan rings is 1. The van der Waals surface area contributed by atoms with Gasteiger partial charge in [-0.1, -0.05) is 48.5 Å². The first-order chi connectivity index (χ1) is 14.6. The standard InChI is InChI=1S/C23H23N5O2/c1-27(2)19(20-14-9-15-30-20)16-24-23(29)21-25-22(17-10-5-3-6-11-17)28(26-21)18-12-7-4-8-13-18/h3-15,19H,16H2,1-2H3,(H,24,29). The Hall–Kier alpha value is -3.71. The molecule has 0 bridgehead atoms. The van der Waals surface area contributed by atoms with Gasteiger partial charge in [0, 0.05) is 12.1 Å². The molecule has 4 aromatic rings. The average molecular weight is 401 g/mol. The van der Waals surface area contributed by atoms with Gasteiger partial charge in [0.25, 0.3) is 5.91 Å². The van der Waals surface area contributed by atoms with Gasteiger partial charge in [0.15, 0.2) is 5.82 Å². The first kappa shape index (κ1) is 19.6. The lowest BCUT2D eigenvalue weighted by Gasteiger charge is -2.22. The average Bonchev–Trinajstić information content (AvgIpc) is 3.45. The van der Waals surface area contributed by atoms with Crippen molar-refractivity contribution in [3.05, 3.63) is 90.6 Å². The second-order valence-electron chi connectivity index (χ2n) is 7.08. The maximum absolute atomic E-state index is 12.9. The highest BCUT2D eigenvalue weighted by atomic mass is 16.3. The number of para-hydroxylation sites is 1. The van der Waals surface area contributed by atoms with E-state index in [0.29, 0.717) is 12.4 Å². The lowest BCUT2D eigenvalue weighted by atomic mass is 10.2. The van der Waals surface area contributed by atoms with Crippen molar-refractivity contribution >= 4 is 5.91 Å². The molecular formula is C23H23N5O2. The summed E-state index contributed by atoms with van der Waals surface area (Å²) in [4.78, 5) is 19.4. The molecule has 30 heavy (non-hydrogen) atoms. The molecule has 0 spiro atoms. The van der Waals surface area contributed by atoms with Crippen LogP contribution in [0.1, 0.15) is 22.4 Å². The van der Waals surface area contributed by atoms with Crippen molar-refractivity contribution in [1.82, 2.24) is 25.0 Å². The molecule has 1 N–H and O–H groups in total. The summed E-state index contributed by atoms with van der Waals surface area (Å²) in [6.07, 6.45) is 1.63. The fourth-order valence-corrected chi connectivity index (χ4v) is 3.22. The largest absolute Gasteiger partial charge is 0.468 e. The topological polar surface area (TPSA) is 76.2 Å². The molecule has 1 unspecified atom stereocenters. The van der Waals surface area contributed by atoms with E-state index in [0.717, 1.165) is 17.0 Å². The molecule has 152 valence electrons. The van der Waals surface area contributed by atoms with Crippen molar-refractivity contribution < 1.29 is 9.21 Å². The highest BCUT2D eigenvalue weighted by Gasteiger charge is 2.22. The monoisotopic (exact) mass is 401 g/mol. The third kappa shape index (κ3) is 4.16.